The van der Waals surface area contributed by atoms with E-state index in [4.69, 9.17) is 4.74 Å². The number of esters is 1. The minimum Gasteiger partial charge on any atom is -0.478 e. The number of carboxylic acid groups (broad SMARTS) is 1. The molecule has 0 bridgehead atoms. The Bertz CT molecular complexity index is 1310. The van der Waals surface area contributed by atoms with Crippen molar-refractivity contribution in [2.45, 2.75) is 18.0 Å². The van der Waals surface area contributed by atoms with Gasteiger partial charge in [0.05, 0.1) is 16.1 Å². The van der Waals surface area contributed by atoms with Gasteiger partial charge in [0.25, 0.3) is 17.5 Å². The van der Waals surface area contributed by atoms with Gasteiger partial charge in [-0.3, -0.25) is 24.6 Å². The quantitative estimate of drug-likeness (QED) is 0.209. The lowest BCUT2D eigenvalue weighted by atomic mass is 10.0. The summed E-state index contributed by atoms with van der Waals surface area (Å²) in [5.74, 6) is -2.23. The first-order valence-corrected chi connectivity index (χ1v) is 13.4. The van der Waals surface area contributed by atoms with Crippen LogP contribution in [0.1, 0.15) is 26.3 Å². The summed E-state index contributed by atoms with van der Waals surface area (Å²) in [6, 6.07) is 10.3. The van der Waals surface area contributed by atoms with Gasteiger partial charge in [0.15, 0.2) is 0 Å². The van der Waals surface area contributed by atoms with E-state index in [-0.39, 0.29) is 29.1 Å². The minimum atomic E-state index is -1.26. The minimum absolute atomic E-state index is 0.0663. The molecule has 2 atom stereocenters. The third-order valence-corrected chi connectivity index (χ3v) is 7.74. The molecule has 37 heavy (non-hydrogen) atoms. The van der Waals surface area contributed by atoms with Gasteiger partial charge in [-0.05, 0) is 41.7 Å². The summed E-state index contributed by atoms with van der Waals surface area (Å²) in [5, 5.41) is 22.2. The molecular weight excluding hydrogens is 522 g/mol. The number of nitro benzene ring substituents is 1. The number of rotatable bonds is 9. The Morgan fingerprint density at radius 2 is 1.86 bits per heavy atom. The molecule has 0 radical (unpaired) electrons. The second-order valence-electron chi connectivity index (χ2n) is 8.10. The molecule has 11 nitrogen and oxygen atoms in total. The van der Waals surface area contributed by atoms with E-state index in [0.29, 0.717) is 17.1 Å². The van der Waals surface area contributed by atoms with E-state index < -0.39 is 40.1 Å². The van der Waals surface area contributed by atoms with Crippen LogP contribution in [0.5, 0.6) is 0 Å². The van der Waals surface area contributed by atoms with E-state index in [1.807, 2.05) is 6.26 Å². The maximum atomic E-state index is 13.1. The van der Waals surface area contributed by atoms with Crippen molar-refractivity contribution in [3.63, 3.8) is 0 Å². The van der Waals surface area contributed by atoms with E-state index in [9.17, 15) is 34.4 Å². The van der Waals surface area contributed by atoms with Crippen LogP contribution in [0.15, 0.2) is 59.8 Å². The number of carboxylic acids is 1. The molecule has 0 spiro atoms. The number of non-ortho nitro benzene ring substituents is 1. The number of hydrogen-bond donors (Lipinski definition) is 2. The fourth-order valence-corrected chi connectivity index (χ4v) is 6.04. The predicted octanol–water partition coefficient (Wildman–Crippen LogP) is 2.67. The molecule has 2 amide bonds. The molecular formula is C24H21N3O8S2. The molecule has 192 valence electrons. The molecule has 2 aliphatic heterocycles. The van der Waals surface area contributed by atoms with E-state index in [0.717, 1.165) is 5.57 Å². The predicted molar refractivity (Wildman–Crippen MR) is 136 cm³/mol. The van der Waals surface area contributed by atoms with Crippen molar-refractivity contribution in [1.82, 2.24) is 10.2 Å². The van der Waals surface area contributed by atoms with Gasteiger partial charge >= 0.3 is 11.9 Å². The van der Waals surface area contributed by atoms with Gasteiger partial charge in [-0.2, -0.15) is 11.8 Å². The number of carbonyl (C=O) groups is 4. The molecule has 2 heterocycles. The zero-order valence-electron chi connectivity index (χ0n) is 19.4. The van der Waals surface area contributed by atoms with Crippen LogP contribution in [0.4, 0.5) is 5.69 Å². The number of nitro groups is 1. The Labute approximate surface area is 219 Å². The summed E-state index contributed by atoms with van der Waals surface area (Å²) in [7, 11) is 0. The molecule has 2 aromatic carbocycles. The number of amides is 2. The van der Waals surface area contributed by atoms with Gasteiger partial charge in [-0.1, -0.05) is 12.1 Å². The highest BCUT2D eigenvalue weighted by Crippen LogP contribution is 2.41. The first-order chi connectivity index (χ1) is 17.7. The maximum Gasteiger partial charge on any atom is 0.355 e. The monoisotopic (exact) mass is 543 g/mol. The fraction of sp³-hybridized carbons (Fsp3) is 0.250. The molecule has 4 rings (SSSR count). The molecule has 2 aromatic rings. The lowest BCUT2D eigenvalue weighted by molar-refractivity contribution is -0.384. The third-order valence-electron chi connectivity index (χ3n) is 5.76. The second kappa shape index (κ2) is 11.0. The molecule has 1 saturated heterocycles. The lowest BCUT2D eigenvalue weighted by Gasteiger charge is -2.49. The fourth-order valence-electron chi connectivity index (χ4n) is 3.97. The molecule has 0 aromatic heterocycles. The van der Waals surface area contributed by atoms with E-state index >= 15 is 0 Å². The summed E-state index contributed by atoms with van der Waals surface area (Å²) >= 11 is 2.88. The first-order valence-electron chi connectivity index (χ1n) is 10.9. The van der Waals surface area contributed by atoms with Crippen LogP contribution in [0.25, 0.3) is 0 Å². The highest BCUT2D eigenvalue weighted by atomic mass is 32.2. The van der Waals surface area contributed by atoms with Gasteiger partial charge < -0.3 is 15.2 Å². The highest BCUT2D eigenvalue weighted by molar-refractivity contribution is 8.00. The number of benzene rings is 2. The average Bonchev–Trinajstić information content (AvgIpc) is 2.90. The number of thioether (sulfide) groups is 2. The van der Waals surface area contributed by atoms with Crippen molar-refractivity contribution >= 4 is 53.0 Å². The summed E-state index contributed by atoms with van der Waals surface area (Å²) in [5.41, 5.74) is 1.06. The summed E-state index contributed by atoms with van der Waals surface area (Å²) in [4.78, 5) is 62.0. The van der Waals surface area contributed by atoms with Crippen LogP contribution in [-0.4, -0.2) is 67.9 Å². The number of aromatic carboxylic acids is 1. The summed E-state index contributed by atoms with van der Waals surface area (Å²) in [6.45, 7) is -0.140. The molecule has 1 unspecified atom stereocenters. The SMILES string of the molecule is CSCC1=C(C(=O)OCc2ccc([N+](=O)[O-])cc2)N2C(=O)C(NC(=O)c3ccccc3C(=O)O)[C@H]2SC1. The van der Waals surface area contributed by atoms with Crippen LogP contribution in [0.2, 0.25) is 0 Å². The van der Waals surface area contributed by atoms with Gasteiger partial charge in [0.1, 0.15) is 23.7 Å². The molecule has 1 fully saturated rings. The van der Waals surface area contributed by atoms with E-state index in [2.05, 4.69) is 5.32 Å². The number of ether oxygens (including phenoxy) is 1. The largest absolute Gasteiger partial charge is 0.478 e. The average molecular weight is 544 g/mol. The van der Waals surface area contributed by atoms with Gasteiger partial charge in [0, 0.05) is 23.6 Å². The number of hydrogen-bond acceptors (Lipinski definition) is 9. The van der Waals surface area contributed by atoms with Crippen molar-refractivity contribution in [2.75, 3.05) is 17.8 Å². The van der Waals surface area contributed by atoms with E-state index in [1.54, 1.807) is 0 Å². The number of carbonyl (C=O) groups excluding carboxylic acids is 3. The molecule has 2 aliphatic rings. The Morgan fingerprint density at radius 1 is 1.19 bits per heavy atom. The van der Waals surface area contributed by atoms with Gasteiger partial charge in [-0.15, -0.1) is 11.8 Å². The number of nitrogens with zero attached hydrogens (tertiary/aromatic N) is 2. The Morgan fingerprint density at radius 3 is 2.49 bits per heavy atom. The number of fused-ring (bicyclic) bond motifs is 1. The van der Waals surface area contributed by atoms with Gasteiger partial charge in [-0.25, -0.2) is 9.59 Å². The zero-order valence-corrected chi connectivity index (χ0v) is 21.0. The van der Waals surface area contributed by atoms with Crippen molar-refractivity contribution < 1.29 is 33.9 Å². The third kappa shape index (κ3) is 5.32. The first kappa shape index (κ1) is 26.2. The Balaban J connectivity index is 1.49. The molecule has 0 saturated carbocycles. The standard InChI is InChI=1S/C24H21N3O8S2/c1-36-11-14-12-37-22-18(25-20(28)16-4-2-3-5-17(16)23(30)31)21(29)26(22)19(14)24(32)35-10-13-6-8-15(9-7-13)27(33)34/h2-9,18,22H,10-12H2,1H3,(H,25,28)(H,30,31)/t18?,22-/m1/s1. The molecule has 2 N–H and O–H groups in total. The smallest absolute Gasteiger partial charge is 0.355 e. The zero-order chi connectivity index (χ0) is 26.7. The Hall–Kier alpha value is -3.84. The number of nitrogens with one attached hydrogen (secondary N) is 1. The van der Waals surface area contributed by atoms with Crippen molar-refractivity contribution in [3.8, 4) is 0 Å². The van der Waals surface area contributed by atoms with Crippen molar-refractivity contribution in [1.29, 1.82) is 0 Å². The second-order valence-corrected chi connectivity index (χ2v) is 10.1. The van der Waals surface area contributed by atoms with Crippen LogP contribution in [0, 0.1) is 10.1 Å². The number of β-lactam (4-membered cyclic amide) rings is 1. The van der Waals surface area contributed by atoms with Crippen LogP contribution >= 0.6 is 23.5 Å². The van der Waals surface area contributed by atoms with Crippen LogP contribution in [-0.2, 0) is 20.9 Å². The Kier molecular flexibility index (Phi) is 7.83. The van der Waals surface area contributed by atoms with Crippen LogP contribution in [0.3, 0.4) is 0 Å². The molecule has 0 aliphatic carbocycles. The maximum absolute atomic E-state index is 13.1. The summed E-state index contributed by atoms with van der Waals surface area (Å²) in [6.07, 6.45) is 1.87. The van der Waals surface area contributed by atoms with Crippen molar-refractivity contribution in [3.05, 3.63) is 86.6 Å². The van der Waals surface area contributed by atoms with Gasteiger partial charge in [0.2, 0.25) is 0 Å². The normalized spacial score (nSPS) is 18.5. The van der Waals surface area contributed by atoms with Crippen molar-refractivity contribution in [2.24, 2.45) is 0 Å². The lowest BCUT2D eigenvalue weighted by Crippen LogP contribution is -2.70. The van der Waals surface area contributed by atoms with Crippen LogP contribution < -0.4 is 5.32 Å². The molecule has 13 heteroatoms. The highest BCUT2D eigenvalue weighted by Gasteiger charge is 2.54. The van der Waals surface area contributed by atoms with E-state index in [1.165, 1.54) is 77.0 Å². The topological polar surface area (TPSA) is 156 Å². The summed E-state index contributed by atoms with van der Waals surface area (Å²) < 4.78 is 5.44.